The maximum Gasteiger partial charge on any atom is 0.250 e. The molecule has 1 saturated heterocycles. The maximum atomic E-state index is 15.0. The SMILES string of the molecule is C=CC(=O)N1CCCC(n2nc(-c3ccc(Oc4cncc(C(N)=O)c4)cc3)c3cncc(F)c32)C1. The smallest absolute Gasteiger partial charge is 0.250 e. The summed E-state index contributed by atoms with van der Waals surface area (Å²) in [7, 11) is 0. The number of benzene rings is 1. The Bertz CT molecular complexity index is 1470. The van der Waals surface area contributed by atoms with E-state index in [-0.39, 0.29) is 17.5 Å². The molecule has 2 amide bonds. The second-order valence-corrected chi connectivity index (χ2v) is 8.50. The lowest BCUT2D eigenvalue weighted by Crippen LogP contribution is -2.40. The van der Waals surface area contributed by atoms with E-state index < -0.39 is 11.7 Å². The molecule has 4 heterocycles. The van der Waals surface area contributed by atoms with Crippen molar-refractivity contribution in [2.75, 3.05) is 13.1 Å². The zero-order chi connectivity index (χ0) is 25.2. The number of carbonyl (C=O) groups excluding carboxylic acids is 2. The van der Waals surface area contributed by atoms with Crippen molar-refractivity contribution < 1.29 is 18.7 Å². The number of likely N-dealkylation sites (tertiary alicyclic amines) is 1. The fraction of sp³-hybridized carbons (Fsp3) is 0.192. The van der Waals surface area contributed by atoms with Crippen LogP contribution in [-0.4, -0.2) is 49.6 Å². The van der Waals surface area contributed by atoms with E-state index in [1.807, 2.05) is 12.1 Å². The number of fused-ring (bicyclic) bond motifs is 1. The third kappa shape index (κ3) is 4.40. The van der Waals surface area contributed by atoms with E-state index in [1.54, 1.807) is 27.9 Å². The van der Waals surface area contributed by atoms with Gasteiger partial charge >= 0.3 is 0 Å². The highest BCUT2D eigenvalue weighted by molar-refractivity contribution is 5.93. The van der Waals surface area contributed by atoms with Gasteiger partial charge in [-0.2, -0.15) is 5.10 Å². The lowest BCUT2D eigenvalue weighted by molar-refractivity contribution is -0.127. The Morgan fingerprint density at radius 2 is 1.89 bits per heavy atom. The maximum absolute atomic E-state index is 15.0. The van der Waals surface area contributed by atoms with Gasteiger partial charge in [0.2, 0.25) is 11.8 Å². The van der Waals surface area contributed by atoms with E-state index in [1.165, 1.54) is 30.7 Å². The number of aromatic nitrogens is 4. The van der Waals surface area contributed by atoms with Crippen LogP contribution < -0.4 is 10.5 Å². The lowest BCUT2D eigenvalue weighted by Gasteiger charge is -2.32. The van der Waals surface area contributed by atoms with Crippen molar-refractivity contribution in [3.63, 3.8) is 0 Å². The number of nitrogens with zero attached hydrogens (tertiary/aromatic N) is 5. The van der Waals surface area contributed by atoms with Gasteiger partial charge in [-0.15, -0.1) is 0 Å². The summed E-state index contributed by atoms with van der Waals surface area (Å²) < 4.78 is 22.4. The first-order valence-corrected chi connectivity index (χ1v) is 11.4. The third-order valence-electron chi connectivity index (χ3n) is 6.15. The van der Waals surface area contributed by atoms with Crippen molar-refractivity contribution >= 4 is 22.7 Å². The van der Waals surface area contributed by atoms with E-state index >= 15 is 0 Å². The van der Waals surface area contributed by atoms with E-state index in [2.05, 4.69) is 16.5 Å². The number of amides is 2. The van der Waals surface area contributed by atoms with E-state index in [0.717, 1.165) is 18.4 Å². The van der Waals surface area contributed by atoms with Gasteiger partial charge in [0.1, 0.15) is 22.7 Å². The predicted molar refractivity (Wildman–Crippen MR) is 131 cm³/mol. The molecule has 0 radical (unpaired) electrons. The summed E-state index contributed by atoms with van der Waals surface area (Å²) in [5.41, 5.74) is 7.22. The highest BCUT2D eigenvalue weighted by Gasteiger charge is 2.27. The molecule has 1 atom stereocenters. The van der Waals surface area contributed by atoms with Crippen molar-refractivity contribution in [1.82, 2.24) is 24.6 Å². The molecule has 4 aromatic rings. The molecule has 0 saturated carbocycles. The molecule has 1 aliphatic heterocycles. The summed E-state index contributed by atoms with van der Waals surface area (Å²) in [4.78, 5) is 33.3. The van der Waals surface area contributed by atoms with Gasteiger partial charge < -0.3 is 15.4 Å². The molecule has 36 heavy (non-hydrogen) atoms. The molecule has 1 aliphatic rings. The number of halogens is 1. The number of carbonyl (C=O) groups is 2. The molecule has 1 aromatic carbocycles. The summed E-state index contributed by atoms with van der Waals surface area (Å²) in [5.74, 6) is -0.329. The Morgan fingerprint density at radius 1 is 1.11 bits per heavy atom. The van der Waals surface area contributed by atoms with E-state index in [0.29, 0.717) is 41.2 Å². The molecular weight excluding hydrogens is 463 g/mol. The van der Waals surface area contributed by atoms with Gasteiger partial charge in [-0.25, -0.2) is 4.39 Å². The Kier molecular flexibility index (Phi) is 6.16. The van der Waals surface area contributed by atoms with Gasteiger partial charge in [0.15, 0.2) is 5.82 Å². The van der Waals surface area contributed by atoms with Crippen LogP contribution in [0, 0.1) is 5.82 Å². The number of hydrogen-bond acceptors (Lipinski definition) is 6. The minimum Gasteiger partial charge on any atom is -0.456 e. The second kappa shape index (κ2) is 9.57. The molecular formula is C26H23FN6O3. The largest absolute Gasteiger partial charge is 0.456 e. The molecule has 9 nitrogen and oxygen atoms in total. The van der Waals surface area contributed by atoms with Crippen molar-refractivity contribution in [1.29, 1.82) is 0 Å². The quantitative estimate of drug-likeness (QED) is 0.414. The van der Waals surface area contributed by atoms with Crippen LogP contribution in [0.25, 0.3) is 22.2 Å². The van der Waals surface area contributed by atoms with Crippen LogP contribution in [0.3, 0.4) is 0 Å². The van der Waals surface area contributed by atoms with E-state index in [4.69, 9.17) is 15.6 Å². The van der Waals surface area contributed by atoms with Gasteiger partial charge in [0.05, 0.1) is 24.0 Å². The number of primary amides is 1. The molecule has 0 bridgehead atoms. The normalized spacial score (nSPS) is 15.6. The molecule has 0 aliphatic carbocycles. The van der Waals surface area contributed by atoms with Crippen LogP contribution in [0.5, 0.6) is 11.5 Å². The summed E-state index contributed by atoms with van der Waals surface area (Å²) in [6, 6.07) is 8.45. The molecule has 0 spiro atoms. The summed E-state index contributed by atoms with van der Waals surface area (Å²) in [5, 5.41) is 5.36. The molecule has 2 N–H and O–H groups in total. The van der Waals surface area contributed by atoms with Gasteiger partial charge in [-0.05, 0) is 49.2 Å². The number of rotatable bonds is 6. The molecule has 1 unspecified atom stereocenters. The van der Waals surface area contributed by atoms with E-state index in [9.17, 15) is 14.0 Å². The Balaban J connectivity index is 1.47. The Hall–Kier alpha value is -4.60. The monoisotopic (exact) mass is 486 g/mol. The lowest BCUT2D eigenvalue weighted by atomic mass is 10.1. The first-order valence-electron chi connectivity index (χ1n) is 11.4. The topological polar surface area (TPSA) is 116 Å². The average molecular weight is 487 g/mol. The van der Waals surface area contributed by atoms with Crippen molar-refractivity contribution in [3.8, 4) is 22.8 Å². The Morgan fingerprint density at radius 3 is 2.64 bits per heavy atom. The summed E-state index contributed by atoms with van der Waals surface area (Å²) in [6.45, 7) is 4.63. The predicted octanol–water partition coefficient (Wildman–Crippen LogP) is 3.87. The number of hydrogen-bond donors (Lipinski definition) is 1. The summed E-state index contributed by atoms with van der Waals surface area (Å²) in [6.07, 6.45) is 8.46. The standard InChI is InChI=1S/C26H23FN6O3/c1-2-23(34)32-9-3-4-18(15-32)33-25-21(13-30-14-22(25)27)24(31-33)16-5-7-19(8-6-16)36-20-10-17(26(28)35)11-29-12-20/h2,5-8,10-14,18H,1,3-4,9,15H2,(H2,28,35). The minimum absolute atomic E-state index is 0.148. The molecule has 182 valence electrons. The fourth-order valence-corrected chi connectivity index (χ4v) is 4.43. The number of nitrogens with two attached hydrogens (primary N) is 1. The average Bonchev–Trinajstić information content (AvgIpc) is 3.30. The van der Waals surface area contributed by atoms with Gasteiger partial charge in [0, 0.05) is 36.4 Å². The van der Waals surface area contributed by atoms with Crippen molar-refractivity contribution in [2.45, 2.75) is 18.9 Å². The zero-order valence-corrected chi connectivity index (χ0v) is 19.3. The van der Waals surface area contributed by atoms with Crippen LogP contribution in [0.1, 0.15) is 29.2 Å². The third-order valence-corrected chi connectivity index (χ3v) is 6.15. The number of piperidine rings is 1. The summed E-state index contributed by atoms with van der Waals surface area (Å²) >= 11 is 0. The fourth-order valence-electron chi connectivity index (χ4n) is 4.43. The molecule has 1 fully saturated rings. The van der Waals surface area contributed by atoms with Gasteiger partial charge in [0.25, 0.3) is 0 Å². The van der Waals surface area contributed by atoms with Crippen molar-refractivity contribution in [3.05, 3.63) is 79.2 Å². The number of ether oxygens (including phenoxy) is 1. The Labute approximate surface area is 206 Å². The van der Waals surface area contributed by atoms with Crippen LogP contribution in [-0.2, 0) is 4.79 Å². The molecule has 3 aromatic heterocycles. The number of pyridine rings is 2. The van der Waals surface area contributed by atoms with Crippen molar-refractivity contribution in [2.24, 2.45) is 5.73 Å². The first-order chi connectivity index (χ1) is 17.4. The minimum atomic E-state index is -0.596. The molecule has 10 heteroatoms. The van der Waals surface area contributed by atoms with Crippen LogP contribution in [0.15, 0.2) is 67.8 Å². The molecule has 5 rings (SSSR count). The highest BCUT2D eigenvalue weighted by atomic mass is 19.1. The van der Waals surface area contributed by atoms with Crippen LogP contribution >= 0.6 is 0 Å². The van der Waals surface area contributed by atoms with Crippen LogP contribution in [0.4, 0.5) is 4.39 Å². The second-order valence-electron chi connectivity index (χ2n) is 8.50. The van der Waals surface area contributed by atoms with Gasteiger partial charge in [-0.1, -0.05) is 6.58 Å². The zero-order valence-electron chi connectivity index (χ0n) is 19.3. The highest BCUT2D eigenvalue weighted by Crippen LogP contribution is 2.34. The first kappa shape index (κ1) is 23.2. The van der Waals surface area contributed by atoms with Gasteiger partial charge in [-0.3, -0.25) is 24.2 Å². The van der Waals surface area contributed by atoms with Crippen LogP contribution in [0.2, 0.25) is 0 Å².